The highest BCUT2D eigenvalue weighted by Gasteiger charge is 2.41. The van der Waals surface area contributed by atoms with Gasteiger partial charge in [-0.3, -0.25) is 19.7 Å². The van der Waals surface area contributed by atoms with E-state index in [0.29, 0.717) is 30.4 Å². The van der Waals surface area contributed by atoms with Crippen LogP contribution in [0.3, 0.4) is 0 Å². The smallest absolute Gasteiger partial charge is 0.320 e. The van der Waals surface area contributed by atoms with Gasteiger partial charge >= 0.3 is 6.03 Å². The molecule has 1 unspecified atom stereocenters. The van der Waals surface area contributed by atoms with Crippen LogP contribution in [0.1, 0.15) is 66.4 Å². The zero-order chi connectivity index (χ0) is 24.8. The fraction of sp³-hybridized carbons (Fsp3) is 0.571. The zero-order valence-electron chi connectivity index (χ0n) is 20.5. The lowest BCUT2D eigenvalue weighted by molar-refractivity contribution is -0.136. The number of hydrogen-bond donors (Lipinski definition) is 1. The Labute approximate surface area is 211 Å². The Morgan fingerprint density at radius 2 is 1.69 bits per heavy atom. The normalized spacial score (nSPS) is 28.1. The van der Waals surface area contributed by atoms with Crippen LogP contribution in [0, 0.1) is 29.6 Å². The second-order valence-corrected chi connectivity index (χ2v) is 10.9. The predicted molar refractivity (Wildman–Crippen MR) is 131 cm³/mol. The summed E-state index contributed by atoms with van der Waals surface area (Å²) in [6.07, 6.45) is 6.16. The average Bonchev–Trinajstić information content (AvgIpc) is 3.57. The van der Waals surface area contributed by atoms with Gasteiger partial charge in [0.25, 0.3) is 5.91 Å². The number of nitrogens with one attached hydrogen (secondary N) is 1. The predicted octanol–water partition coefficient (Wildman–Crippen LogP) is 2.36. The van der Waals surface area contributed by atoms with Crippen LogP contribution in [-0.4, -0.2) is 70.7 Å². The van der Waals surface area contributed by atoms with Crippen molar-refractivity contribution in [2.24, 2.45) is 17.8 Å². The molecule has 4 fully saturated rings. The van der Waals surface area contributed by atoms with Crippen molar-refractivity contribution in [1.82, 2.24) is 20.0 Å². The molecule has 5 amide bonds. The molecule has 1 N–H and O–H groups in total. The number of carbonyl (C=O) groups excluding carboxylic acids is 4. The van der Waals surface area contributed by atoms with Crippen molar-refractivity contribution in [3.63, 3.8) is 0 Å². The van der Waals surface area contributed by atoms with Crippen LogP contribution in [0.25, 0.3) is 0 Å². The van der Waals surface area contributed by atoms with Crippen LogP contribution < -0.4 is 5.32 Å². The molecule has 3 saturated heterocycles. The summed E-state index contributed by atoms with van der Waals surface area (Å²) in [6.45, 7) is 3.65. The molecular formula is C28H32N4O4. The zero-order valence-corrected chi connectivity index (χ0v) is 20.5. The second-order valence-electron chi connectivity index (χ2n) is 10.9. The first-order chi connectivity index (χ1) is 17.5. The van der Waals surface area contributed by atoms with Crippen LogP contribution in [-0.2, 0) is 16.1 Å². The number of nitrogens with zero attached hydrogens (tertiary/aromatic N) is 3. The lowest BCUT2D eigenvalue weighted by atomic mass is 9.96. The van der Waals surface area contributed by atoms with Gasteiger partial charge in [0.05, 0.1) is 0 Å². The van der Waals surface area contributed by atoms with Gasteiger partial charge in [-0.25, -0.2) is 4.79 Å². The minimum Gasteiger partial charge on any atom is -0.325 e. The fourth-order valence-electron chi connectivity index (χ4n) is 6.69. The van der Waals surface area contributed by atoms with E-state index in [1.165, 1.54) is 19.3 Å². The molecule has 1 aromatic carbocycles. The molecule has 1 aliphatic carbocycles. The van der Waals surface area contributed by atoms with Gasteiger partial charge in [-0.05, 0) is 61.6 Å². The van der Waals surface area contributed by atoms with Crippen LogP contribution in [0.5, 0.6) is 0 Å². The molecular weight excluding hydrogens is 456 g/mol. The molecule has 36 heavy (non-hydrogen) atoms. The summed E-state index contributed by atoms with van der Waals surface area (Å²) in [4.78, 5) is 55.5. The number of carbonyl (C=O) groups is 4. The Hall–Kier alpha value is -3.34. The molecule has 188 valence electrons. The highest BCUT2D eigenvalue weighted by atomic mass is 16.2. The molecule has 5 aliphatic rings. The topological polar surface area (TPSA) is 90.0 Å². The molecule has 3 atom stereocenters. The monoisotopic (exact) mass is 488 g/mol. The highest BCUT2D eigenvalue weighted by molar-refractivity contribution is 6.05. The maximum absolute atomic E-state index is 13.0. The quantitative estimate of drug-likeness (QED) is 0.486. The first kappa shape index (κ1) is 23.1. The van der Waals surface area contributed by atoms with Crippen molar-refractivity contribution >= 4 is 23.8 Å². The SMILES string of the molecule is O=C1CCC(N2Cc3c(C#CC4CCN(C(=O)N5C[C@H]6CCC[C@H]6C5)CC4)cccc3C2=O)C(=O)N1. The van der Waals surface area contributed by atoms with Gasteiger partial charge in [0.15, 0.2) is 0 Å². The van der Waals surface area contributed by atoms with Crippen LogP contribution in [0.15, 0.2) is 18.2 Å². The van der Waals surface area contributed by atoms with E-state index in [0.717, 1.165) is 50.1 Å². The molecule has 0 aromatic heterocycles. The standard InChI is InChI=1S/C28H32N4O4/c33-25-10-9-24(26(34)29-25)32-17-23-19(3-2-6-22(23)27(32)35)8-7-18-11-13-30(14-12-18)28(36)31-15-20-4-1-5-21(20)16-31/h2-3,6,18,20-21,24H,1,4-5,9-17H2,(H,29,33,34)/t20-,21+,24?. The summed E-state index contributed by atoms with van der Waals surface area (Å²) in [6, 6.07) is 5.12. The summed E-state index contributed by atoms with van der Waals surface area (Å²) in [5.74, 6) is 7.47. The maximum atomic E-state index is 13.0. The van der Waals surface area contributed by atoms with Crippen molar-refractivity contribution < 1.29 is 19.2 Å². The van der Waals surface area contributed by atoms with Gasteiger partial charge in [-0.1, -0.05) is 24.3 Å². The Bertz CT molecular complexity index is 1160. The van der Waals surface area contributed by atoms with E-state index < -0.39 is 11.9 Å². The van der Waals surface area contributed by atoms with Gasteiger partial charge in [-0.2, -0.15) is 0 Å². The van der Waals surface area contributed by atoms with E-state index in [4.69, 9.17) is 0 Å². The first-order valence-electron chi connectivity index (χ1n) is 13.3. The second kappa shape index (κ2) is 9.27. The van der Waals surface area contributed by atoms with Crippen LogP contribution in [0.4, 0.5) is 4.79 Å². The van der Waals surface area contributed by atoms with Crippen molar-refractivity contribution in [3.05, 3.63) is 34.9 Å². The summed E-state index contributed by atoms with van der Waals surface area (Å²) < 4.78 is 0. The number of urea groups is 1. The molecule has 6 rings (SSSR count). The number of likely N-dealkylation sites (tertiary alicyclic amines) is 2. The molecule has 0 radical (unpaired) electrons. The Morgan fingerprint density at radius 3 is 2.42 bits per heavy atom. The number of piperidine rings is 2. The molecule has 1 aromatic rings. The first-order valence-corrected chi connectivity index (χ1v) is 13.3. The van der Waals surface area contributed by atoms with E-state index >= 15 is 0 Å². The molecule has 8 nitrogen and oxygen atoms in total. The van der Waals surface area contributed by atoms with E-state index in [9.17, 15) is 19.2 Å². The number of amides is 5. The average molecular weight is 489 g/mol. The van der Waals surface area contributed by atoms with Crippen LogP contribution in [0.2, 0.25) is 0 Å². The number of benzene rings is 1. The van der Waals surface area contributed by atoms with Crippen molar-refractivity contribution in [3.8, 4) is 11.8 Å². The van der Waals surface area contributed by atoms with Gasteiger partial charge < -0.3 is 14.7 Å². The Balaban J connectivity index is 1.08. The largest absolute Gasteiger partial charge is 0.325 e. The molecule has 8 heteroatoms. The van der Waals surface area contributed by atoms with Crippen LogP contribution >= 0.6 is 0 Å². The lowest BCUT2D eigenvalue weighted by Gasteiger charge is -2.33. The van der Waals surface area contributed by atoms with Gasteiger partial charge in [0.1, 0.15) is 6.04 Å². The maximum Gasteiger partial charge on any atom is 0.320 e. The molecule has 0 spiro atoms. The van der Waals surface area contributed by atoms with Crippen molar-refractivity contribution in [2.75, 3.05) is 26.2 Å². The summed E-state index contributed by atoms with van der Waals surface area (Å²) >= 11 is 0. The minimum absolute atomic E-state index is 0.180. The molecule has 0 bridgehead atoms. The number of rotatable bonds is 1. The Kier molecular flexibility index (Phi) is 5.94. The van der Waals surface area contributed by atoms with E-state index in [-0.39, 0.29) is 30.2 Å². The number of hydrogen-bond acceptors (Lipinski definition) is 4. The van der Waals surface area contributed by atoms with E-state index in [1.54, 1.807) is 11.0 Å². The third kappa shape index (κ3) is 4.15. The van der Waals surface area contributed by atoms with Crippen molar-refractivity contribution in [2.45, 2.75) is 57.5 Å². The summed E-state index contributed by atoms with van der Waals surface area (Å²) in [5.41, 5.74) is 2.26. The molecule has 1 saturated carbocycles. The van der Waals surface area contributed by atoms with Gasteiger partial charge in [0, 0.05) is 56.2 Å². The third-order valence-electron chi connectivity index (χ3n) is 8.76. The molecule has 4 aliphatic heterocycles. The number of imide groups is 1. The number of fused-ring (bicyclic) bond motifs is 2. The Morgan fingerprint density at radius 1 is 0.944 bits per heavy atom. The summed E-state index contributed by atoms with van der Waals surface area (Å²) in [7, 11) is 0. The third-order valence-corrected chi connectivity index (χ3v) is 8.76. The minimum atomic E-state index is -0.625. The van der Waals surface area contributed by atoms with E-state index in [1.807, 2.05) is 17.0 Å². The van der Waals surface area contributed by atoms with Gasteiger partial charge in [-0.15, -0.1) is 0 Å². The van der Waals surface area contributed by atoms with Crippen molar-refractivity contribution in [1.29, 1.82) is 0 Å². The lowest BCUT2D eigenvalue weighted by Crippen LogP contribution is -2.52. The van der Waals surface area contributed by atoms with Gasteiger partial charge in [0.2, 0.25) is 11.8 Å². The highest BCUT2D eigenvalue weighted by Crippen LogP contribution is 2.38. The fourth-order valence-corrected chi connectivity index (χ4v) is 6.69. The van der Waals surface area contributed by atoms with E-state index in [2.05, 4.69) is 22.1 Å². The summed E-state index contributed by atoms with van der Waals surface area (Å²) in [5, 5.41) is 2.34. The molecule has 4 heterocycles.